The smallest absolute Gasteiger partial charge is 0.264 e. The summed E-state index contributed by atoms with van der Waals surface area (Å²) in [5.74, 6) is -0.243. The van der Waals surface area contributed by atoms with Crippen LogP contribution in [0.3, 0.4) is 0 Å². The summed E-state index contributed by atoms with van der Waals surface area (Å²) in [5, 5.41) is 3.90. The second-order valence-electron chi connectivity index (χ2n) is 7.79. The van der Waals surface area contributed by atoms with Gasteiger partial charge in [0.25, 0.3) is 10.0 Å². The number of hydrogen-bond donors (Lipinski definition) is 2. The molecular formula is C26H21N5O3S. The topological polar surface area (TPSA) is 106 Å². The van der Waals surface area contributed by atoms with E-state index < -0.39 is 10.0 Å². The Hall–Kier alpha value is -4.50. The molecule has 1 amide bonds. The third-order valence-corrected chi connectivity index (χ3v) is 6.77. The van der Waals surface area contributed by atoms with Crippen LogP contribution in [0.2, 0.25) is 0 Å². The molecule has 0 bridgehead atoms. The van der Waals surface area contributed by atoms with E-state index in [1.165, 1.54) is 24.5 Å². The second-order valence-corrected chi connectivity index (χ2v) is 9.47. The van der Waals surface area contributed by atoms with Crippen molar-refractivity contribution in [2.75, 3.05) is 10.0 Å². The Bertz CT molecular complexity index is 1580. The molecule has 174 valence electrons. The van der Waals surface area contributed by atoms with Crippen molar-refractivity contribution in [3.63, 3.8) is 0 Å². The van der Waals surface area contributed by atoms with E-state index in [2.05, 4.69) is 26.1 Å². The van der Waals surface area contributed by atoms with E-state index in [0.717, 1.165) is 22.2 Å². The van der Waals surface area contributed by atoms with Crippen molar-refractivity contribution in [3.8, 4) is 11.3 Å². The maximum Gasteiger partial charge on any atom is 0.264 e. The molecule has 35 heavy (non-hydrogen) atoms. The monoisotopic (exact) mass is 483 g/mol. The summed E-state index contributed by atoms with van der Waals surface area (Å²) >= 11 is 0. The van der Waals surface area contributed by atoms with Crippen molar-refractivity contribution in [1.82, 2.24) is 14.5 Å². The molecule has 2 aromatic heterocycles. The number of nitrogens with one attached hydrogen (secondary N) is 2. The van der Waals surface area contributed by atoms with E-state index in [1.54, 1.807) is 18.2 Å². The Morgan fingerprint density at radius 2 is 1.51 bits per heavy atom. The van der Waals surface area contributed by atoms with Crippen molar-refractivity contribution in [2.45, 2.75) is 11.4 Å². The largest absolute Gasteiger partial charge is 0.331 e. The molecule has 0 aliphatic heterocycles. The van der Waals surface area contributed by atoms with E-state index in [1.807, 2.05) is 59.2 Å². The fraction of sp³-hybridized carbons (Fsp3) is 0.0385. The minimum Gasteiger partial charge on any atom is -0.331 e. The molecule has 0 unspecified atom stereocenters. The van der Waals surface area contributed by atoms with E-state index in [4.69, 9.17) is 0 Å². The number of hydrogen-bond acceptors (Lipinski definition) is 5. The van der Waals surface area contributed by atoms with Crippen LogP contribution in [0.4, 0.5) is 11.6 Å². The number of para-hydroxylation sites is 1. The lowest BCUT2D eigenvalue weighted by molar-refractivity contribution is -0.116. The predicted molar refractivity (Wildman–Crippen MR) is 135 cm³/mol. The molecule has 2 N–H and O–H groups in total. The molecule has 5 aromatic rings. The molecule has 0 atom stereocenters. The van der Waals surface area contributed by atoms with Gasteiger partial charge < -0.3 is 9.88 Å². The maximum atomic E-state index is 13.0. The number of aromatic nitrogens is 3. The van der Waals surface area contributed by atoms with Crippen molar-refractivity contribution >= 4 is 38.5 Å². The molecular weight excluding hydrogens is 462 g/mol. The number of fused-ring (bicyclic) bond motifs is 1. The van der Waals surface area contributed by atoms with Crippen molar-refractivity contribution < 1.29 is 13.2 Å². The fourth-order valence-electron chi connectivity index (χ4n) is 3.82. The molecule has 0 radical (unpaired) electrons. The average molecular weight is 484 g/mol. The van der Waals surface area contributed by atoms with Crippen LogP contribution in [0, 0.1) is 0 Å². The van der Waals surface area contributed by atoms with Gasteiger partial charge in [-0.3, -0.25) is 4.79 Å². The second kappa shape index (κ2) is 9.40. The zero-order valence-corrected chi connectivity index (χ0v) is 19.3. The molecule has 9 heteroatoms. The molecule has 0 fully saturated rings. The van der Waals surface area contributed by atoms with Gasteiger partial charge in [-0.05, 0) is 48.0 Å². The minimum absolute atomic E-state index is 0.0157. The lowest BCUT2D eigenvalue weighted by Crippen LogP contribution is -2.19. The number of carbonyl (C=O) groups is 1. The standard InChI is InChI=1S/C26H21N5O3S/c32-25(18-31-23-10-5-4-9-20(23)17-24(31)19-7-2-1-3-8-19)29-21-11-13-22(14-12-21)35(33,34)30-26-27-15-6-16-28-26/h1-17H,18H2,(H,29,32)(H,27,28,30). The zero-order chi connectivity index (χ0) is 24.3. The van der Waals surface area contributed by atoms with Crippen LogP contribution in [0.25, 0.3) is 22.2 Å². The number of rotatable bonds is 7. The lowest BCUT2D eigenvalue weighted by Gasteiger charge is -2.12. The van der Waals surface area contributed by atoms with Gasteiger partial charge in [0.05, 0.1) is 4.90 Å². The quantitative estimate of drug-likeness (QED) is 0.354. The first-order valence-electron chi connectivity index (χ1n) is 10.8. The molecule has 3 aromatic carbocycles. The van der Waals surface area contributed by atoms with Crippen LogP contribution in [-0.4, -0.2) is 28.9 Å². The van der Waals surface area contributed by atoms with E-state index in [0.29, 0.717) is 5.69 Å². The average Bonchev–Trinajstić information content (AvgIpc) is 3.23. The number of benzene rings is 3. The Kier molecular flexibility index (Phi) is 5.99. The van der Waals surface area contributed by atoms with Crippen molar-refractivity contribution in [3.05, 3.63) is 103 Å². The summed E-state index contributed by atoms with van der Waals surface area (Å²) in [4.78, 5) is 20.7. The molecule has 0 aliphatic rings. The van der Waals surface area contributed by atoms with Gasteiger partial charge in [-0.25, -0.2) is 23.1 Å². The predicted octanol–water partition coefficient (Wildman–Crippen LogP) is 4.54. The number of carbonyl (C=O) groups excluding carboxylic acids is 1. The number of nitrogens with zero attached hydrogens (tertiary/aromatic N) is 3. The Balaban J connectivity index is 1.34. The van der Waals surface area contributed by atoms with Crippen LogP contribution in [-0.2, 0) is 21.4 Å². The van der Waals surface area contributed by atoms with Gasteiger partial charge >= 0.3 is 0 Å². The van der Waals surface area contributed by atoms with Crippen molar-refractivity contribution in [2.24, 2.45) is 0 Å². The van der Waals surface area contributed by atoms with Gasteiger partial charge in [-0.1, -0.05) is 48.5 Å². The highest BCUT2D eigenvalue weighted by Gasteiger charge is 2.17. The van der Waals surface area contributed by atoms with Gasteiger partial charge in [0.15, 0.2) is 0 Å². The first-order valence-corrected chi connectivity index (χ1v) is 12.3. The molecule has 0 saturated heterocycles. The summed E-state index contributed by atoms with van der Waals surface area (Å²) in [6.07, 6.45) is 2.89. The Morgan fingerprint density at radius 1 is 0.829 bits per heavy atom. The first-order chi connectivity index (χ1) is 17.0. The number of anilines is 2. The number of amides is 1. The highest BCUT2D eigenvalue weighted by Crippen LogP contribution is 2.28. The lowest BCUT2D eigenvalue weighted by atomic mass is 10.1. The third-order valence-electron chi connectivity index (χ3n) is 5.42. The molecule has 8 nitrogen and oxygen atoms in total. The summed E-state index contributed by atoms with van der Waals surface area (Å²) < 4.78 is 29.4. The van der Waals surface area contributed by atoms with Crippen LogP contribution in [0.1, 0.15) is 0 Å². The first kappa shape index (κ1) is 22.3. The van der Waals surface area contributed by atoms with Crippen LogP contribution in [0.5, 0.6) is 0 Å². The zero-order valence-electron chi connectivity index (χ0n) is 18.5. The van der Waals surface area contributed by atoms with Gasteiger partial charge in [0.1, 0.15) is 6.54 Å². The van der Waals surface area contributed by atoms with E-state index in [9.17, 15) is 13.2 Å². The van der Waals surface area contributed by atoms with E-state index >= 15 is 0 Å². The third kappa shape index (κ3) is 4.90. The summed E-state index contributed by atoms with van der Waals surface area (Å²) in [6, 6.07) is 27.4. The Labute approximate surface area is 202 Å². The Morgan fingerprint density at radius 3 is 2.26 bits per heavy atom. The van der Waals surface area contributed by atoms with Crippen molar-refractivity contribution in [1.29, 1.82) is 0 Å². The highest BCUT2D eigenvalue weighted by atomic mass is 32.2. The fourth-order valence-corrected chi connectivity index (χ4v) is 4.78. The summed E-state index contributed by atoms with van der Waals surface area (Å²) in [6.45, 7) is 0.102. The van der Waals surface area contributed by atoms with E-state index in [-0.39, 0.29) is 23.3 Å². The van der Waals surface area contributed by atoms with Crippen LogP contribution in [0.15, 0.2) is 108 Å². The molecule has 0 aliphatic carbocycles. The normalized spacial score (nSPS) is 11.3. The summed E-state index contributed by atoms with van der Waals surface area (Å²) in [7, 11) is -3.85. The molecule has 0 saturated carbocycles. The van der Waals surface area contributed by atoms with Crippen LogP contribution < -0.4 is 10.0 Å². The SMILES string of the molecule is O=C(Cn1c(-c2ccccc2)cc2ccccc21)Nc1ccc(S(=O)(=O)Nc2ncccn2)cc1. The van der Waals surface area contributed by atoms with Gasteiger partial charge in [0.2, 0.25) is 11.9 Å². The minimum atomic E-state index is -3.85. The summed E-state index contributed by atoms with van der Waals surface area (Å²) in [5.41, 5.74) is 3.40. The maximum absolute atomic E-state index is 13.0. The van der Waals surface area contributed by atoms with Gasteiger partial charge in [0, 0.05) is 34.7 Å². The van der Waals surface area contributed by atoms with Crippen LogP contribution >= 0.6 is 0 Å². The molecule has 5 rings (SSSR count). The van der Waals surface area contributed by atoms with Gasteiger partial charge in [-0.15, -0.1) is 0 Å². The number of sulfonamides is 1. The van der Waals surface area contributed by atoms with Gasteiger partial charge in [-0.2, -0.15) is 0 Å². The molecule has 2 heterocycles. The highest BCUT2D eigenvalue weighted by molar-refractivity contribution is 7.92. The molecule has 0 spiro atoms.